The lowest BCUT2D eigenvalue weighted by Gasteiger charge is -2.20. The van der Waals surface area contributed by atoms with Gasteiger partial charge in [-0.05, 0) is 20.8 Å². The average molecular weight is 256 g/mol. The lowest BCUT2D eigenvalue weighted by molar-refractivity contribution is 0.0914. The first-order chi connectivity index (χ1) is 7.70. The number of halogens is 1. The third-order valence-corrected chi connectivity index (χ3v) is 2.26. The van der Waals surface area contributed by atoms with Crippen LogP contribution < -0.4 is 5.32 Å². The molecule has 94 valence electrons. The Morgan fingerprint density at radius 3 is 2.47 bits per heavy atom. The Hall–Kier alpha value is -1.16. The Bertz CT molecular complexity index is 424. The van der Waals surface area contributed by atoms with Gasteiger partial charge in [0, 0.05) is 11.5 Å². The molecular formula is C12H18ClN3O. The van der Waals surface area contributed by atoms with Crippen LogP contribution in [-0.4, -0.2) is 21.4 Å². The van der Waals surface area contributed by atoms with E-state index in [0.717, 1.165) is 0 Å². The Labute approximate surface area is 107 Å². The van der Waals surface area contributed by atoms with Crippen molar-refractivity contribution in [2.45, 2.75) is 46.1 Å². The van der Waals surface area contributed by atoms with E-state index in [2.05, 4.69) is 15.3 Å². The van der Waals surface area contributed by atoms with E-state index >= 15 is 0 Å². The number of aromatic nitrogens is 2. The molecular weight excluding hydrogens is 238 g/mol. The van der Waals surface area contributed by atoms with Crippen LogP contribution in [0.15, 0.2) is 6.20 Å². The molecule has 1 N–H and O–H groups in total. The number of carbonyl (C=O) groups excluding carboxylic acids is 1. The molecule has 1 aromatic rings. The normalized spacial score (nSPS) is 11.7. The summed E-state index contributed by atoms with van der Waals surface area (Å²) in [5.74, 6) is 0.508. The highest BCUT2D eigenvalue weighted by Gasteiger charge is 2.20. The van der Waals surface area contributed by atoms with Gasteiger partial charge in [-0.3, -0.25) is 4.79 Å². The quantitative estimate of drug-likeness (QED) is 0.884. The highest BCUT2D eigenvalue weighted by atomic mass is 35.5. The van der Waals surface area contributed by atoms with Crippen molar-refractivity contribution in [2.75, 3.05) is 0 Å². The van der Waals surface area contributed by atoms with E-state index in [9.17, 15) is 4.79 Å². The van der Waals surface area contributed by atoms with E-state index in [4.69, 9.17) is 11.6 Å². The monoisotopic (exact) mass is 255 g/mol. The van der Waals surface area contributed by atoms with Gasteiger partial charge < -0.3 is 5.32 Å². The smallest absolute Gasteiger partial charge is 0.271 e. The highest BCUT2D eigenvalue weighted by molar-refractivity contribution is 6.33. The summed E-state index contributed by atoms with van der Waals surface area (Å²) >= 11 is 5.94. The lowest BCUT2D eigenvalue weighted by atomic mass is 10.1. The molecule has 0 aliphatic carbocycles. The number of amides is 1. The second-order valence-corrected chi connectivity index (χ2v) is 5.69. The molecule has 0 fully saturated rings. The molecule has 1 amide bonds. The van der Waals surface area contributed by atoms with Crippen molar-refractivity contribution in [1.82, 2.24) is 15.3 Å². The van der Waals surface area contributed by atoms with Crippen LogP contribution in [0.3, 0.4) is 0 Å². The van der Waals surface area contributed by atoms with Gasteiger partial charge in [0.2, 0.25) is 0 Å². The topological polar surface area (TPSA) is 54.9 Å². The molecule has 0 radical (unpaired) electrons. The van der Waals surface area contributed by atoms with Crippen LogP contribution in [0.5, 0.6) is 0 Å². The van der Waals surface area contributed by atoms with Crippen LogP contribution in [0.25, 0.3) is 0 Å². The van der Waals surface area contributed by atoms with Gasteiger partial charge >= 0.3 is 0 Å². The van der Waals surface area contributed by atoms with Crippen LogP contribution in [0.4, 0.5) is 0 Å². The second kappa shape index (κ2) is 5.00. The van der Waals surface area contributed by atoms with E-state index in [1.165, 1.54) is 6.20 Å². The molecule has 0 saturated heterocycles. The predicted octanol–water partition coefficient (Wildman–Crippen LogP) is 2.78. The van der Waals surface area contributed by atoms with Crippen molar-refractivity contribution >= 4 is 17.5 Å². The van der Waals surface area contributed by atoms with Crippen LogP contribution in [0.1, 0.15) is 56.8 Å². The molecule has 0 aromatic carbocycles. The van der Waals surface area contributed by atoms with Gasteiger partial charge in [-0.1, -0.05) is 25.4 Å². The number of carbonyl (C=O) groups is 1. The maximum Gasteiger partial charge on any atom is 0.271 e. The summed E-state index contributed by atoms with van der Waals surface area (Å²) in [5, 5.41) is 3.10. The summed E-state index contributed by atoms with van der Waals surface area (Å²) in [5.41, 5.74) is -0.0797. The van der Waals surface area contributed by atoms with Crippen molar-refractivity contribution < 1.29 is 4.79 Å². The van der Waals surface area contributed by atoms with Crippen molar-refractivity contribution in [3.05, 3.63) is 22.7 Å². The first-order valence-corrected chi connectivity index (χ1v) is 5.93. The fraction of sp³-hybridized carbons (Fsp3) is 0.583. The van der Waals surface area contributed by atoms with Crippen LogP contribution in [0.2, 0.25) is 5.02 Å². The van der Waals surface area contributed by atoms with Crippen LogP contribution >= 0.6 is 11.6 Å². The van der Waals surface area contributed by atoms with Crippen LogP contribution in [-0.2, 0) is 0 Å². The first-order valence-electron chi connectivity index (χ1n) is 5.55. The van der Waals surface area contributed by atoms with Gasteiger partial charge in [-0.15, -0.1) is 0 Å². The summed E-state index contributed by atoms with van der Waals surface area (Å²) in [4.78, 5) is 20.3. The summed E-state index contributed by atoms with van der Waals surface area (Å²) < 4.78 is 0. The zero-order chi connectivity index (χ0) is 13.2. The number of rotatable bonds is 2. The van der Waals surface area contributed by atoms with Gasteiger partial charge in [0.25, 0.3) is 5.91 Å². The van der Waals surface area contributed by atoms with Crippen molar-refractivity contribution in [2.24, 2.45) is 0 Å². The molecule has 0 unspecified atom stereocenters. The molecule has 0 aliphatic rings. The SMILES string of the molecule is CC(C)c1ncc(Cl)c(C(=O)NC(C)(C)C)n1. The minimum Gasteiger partial charge on any atom is -0.346 e. The Morgan fingerprint density at radius 2 is 2.00 bits per heavy atom. The predicted molar refractivity (Wildman–Crippen MR) is 68.4 cm³/mol. The average Bonchev–Trinajstić information content (AvgIpc) is 2.14. The minimum atomic E-state index is -0.316. The van der Waals surface area contributed by atoms with Crippen molar-refractivity contribution in [3.63, 3.8) is 0 Å². The summed E-state index contributed by atoms with van der Waals surface area (Å²) in [6.45, 7) is 9.65. The maximum absolute atomic E-state index is 12.0. The highest BCUT2D eigenvalue weighted by Crippen LogP contribution is 2.17. The van der Waals surface area contributed by atoms with E-state index in [0.29, 0.717) is 5.82 Å². The summed E-state index contributed by atoms with van der Waals surface area (Å²) in [6.07, 6.45) is 1.47. The standard InChI is InChI=1S/C12H18ClN3O/c1-7(2)10-14-6-8(13)9(15-10)11(17)16-12(3,4)5/h6-7H,1-5H3,(H,16,17). The number of nitrogens with one attached hydrogen (secondary N) is 1. The van der Waals surface area contributed by atoms with E-state index in [1.807, 2.05) is 34.6 Å². The first kappa shape index (κ1) is 13.9. The van der Waals surface area contributed by atoms with Crippen LogP contribution in [0, 0.1) is 0 Å². The number of hydrogen-bond donors (Lipinski definition) is 1. The third-order valence-electron chi connectivity index (χ3n) is 1.98. The number of nitrogens with zero attached hydrogens (tertiary/aromatic N) is 2. The van der Waals surface area contributed by atoms with Gasteiger partial charge in [-0.2, -0.15) is 0 Å². The fourth-order valence-electron chi connectivity index (χ4n) is 1.22. The zero-order valence-corrected chi connectivity index (χ0v) is 11.6. The molecule has 1 rings (SSSR count). The molecule has 0 atom stereocenters. The molecule has 1 heterocycles. The largest absolute Gasteiger partial charge is 0.346 e. The minimum absolute atomic E-state index is 0.161. The van der Waals surface area contributed by atoms with Gasteiger partial charge in [0.1, 0.15) is 11.5 Å². The molecule has 0 saturated carbocycles. The van der Waals surface area contributed by atoms with E-state index in [1.54, 1.807) is 0 Å². The molecule has 0 spiro atoms. The number of hydrogen-bond acceptors (Lipinski definition) is 3. The van der Waals surface area contributed by atoms with Gasteiger partial charge in [0.05, 0.1) is 11.2 Å². The summed E-state index contributed by atoms with van der Waals surface area (Å²) in [7, 11) is 0. The molecule has 1 aromatic heterocycles. The fourth-order valence-corrected chi connectivity index (χ4v) is 1.39. The van der Waals surface area contributed by atoms with E-state index < -0.39 is 0 Å². The zero-order valence-electron chi connectivity index (χ0n) is 10.8. The lowest BCUT2D eigenvalue weighted by Crippen LogP contribution is -2.41. The maximum atomic E-state index is 12.0. The molecule has 0 aliphatic heterocycles. The van der Waals surface area contributed by atoms with Gasteiger partial charge in [-0.25, -0.2) is 9.97 Å². The Balaban J connectivity index is 3.04. The Kier molecular flexibility index (Phi) is 4.09. The van der Waals surface area contributed by atoms with E-state index in [-0.39, 0.29) is 28.1 Å². The van der Waals surface area contributed by atoms with Crippen molar-refractivity contribution in [1.29, 1.82) is 0 Å². The summed E-state index contributed by atoms with van der Waals surface area (Å²) in [6, 6.07) is 0. The molecule has 0 bridgehead atoms. The second-order valence-electron chi connectivity index (χ2n) is 5.28. The molecule has 4 nitrogen and oxygen atoms in total. The van der Waals surface area contributed by atoms with Gasteiger partial charge in [0.15, 0.2) is 0 Å². The molecule has 17 heavy (non-hydrogen) atoms. The third kappa shape index (κ3) is 3.97. The van der Waals surface area contributed by atoms with Crippen molar-refractivity contribution in [3.8, 4) is 0 Å². The Morgan fingerprint density at radius 1 is 1.41 bits per heavy atom. The molecule has 5 heteroatoms.